The van der Waals surface area contributed by atoms with Crippen LogP contribution in [-0.4, -0.2) is 5.78 Å². The second-order valence-electron chi connectivity index (χ2n) is 2.83. The van der Waals surface area contributed by atoms with Crippen LogP contribution in [0.5, 0.6) is 0 Å². The molecule has 0 spiro atoms. The summed E-state index contributed by atoms with van der Waals surface area (Å²) in [6, 6.07) is 5.33. The molecule has 0 fully saturated rings. The van der Waals surface area contributed by atoms with Gasteiger partial charge in [0.25, 0.3) is 0 Å². The summed E-state index contributed by atoms with van der Waals surface area (Å²) < 4.78 is 0. The smallest absolute Gasteiger partial charge is 0.147 e. The van der Waals surface area contributed by atoms with E-state index >= 15 is 0 Å². The van der Waals surface area contributed by atoms with Crippen molar-refractivity contribution in [3.05, 3.63) is 23.8 Å². The minimum absolute atomic E-state index is 0.0540. The van der Waals surface area contributed by atoms with E-state index < -0.39 is 0 Å². The summed E-state index contributed by atoms with van der Waals surface area (Å²) in [4.78, 5) is 11.5. The second kappa shape index (κ2) is 4.15. The Balaban J connectivity index is 3.07. The molecule has 0 saturated heterocycles. The highest BCUT2D eigenvalue weighted by molar-refractivity contribution is 9.09. The molecule has 0 saturated carbocycles. The third-order valence-electron chi connectivity index (χ3n) is 1.61. The number of carbonyl (C=O) groups is 1. The topological polar surface area (TPSA) is 43.1 Å². The van der Waals surface area contributed by atoms with Gasteiger partial charge < -0.3 is 5.73 Å². The summed E-state index contributed by atoms with van der Waals surface area (Å²) in [5.41, 5.74) is 7.08. The predicted molar refractivity (Wildman–Crippen MR) is 60.5 cm³/mol. The average Bonchev–Trinajstić information content (AvgIpc) is 2.01. The quantitative estimate of drug-likeness (QED) is 0.487. The lowest BCUT2D eigenvalue weighted by Crippen LogP contribution is -2.01. The molecule has 0 aromatic heterocycles. The summed E-state index contributed by atoms with van der Waals surface area (Å²) >= 11 is 7.45. The largest absolute Gasteiger partial charge is 0.399 e. The van der Waals surface area contributed by atoms with Gasteiger partial charge in [0.2, 0.25) is 0 Å². The molecule has 1 atom stereocenters. The van der Waals surface area contributed by atoms with Crippen molar-refractivity contribution in [2.75, 3.05) is 5.73 Å². The highest BCUT2D eigenvalue weighted by atomic mass is 79.9. The first-order valence-electron chi connectivity index (χ1n) is 3.74. The van der Waals surface area contributed by atoms with Crippen LogP contribution in [0.15, 0.2) is 23.1 Å². The Kier molecular flexibility index (Phi) is 3.39. The third kappa shape index (κ3) is 2.74. The zero-order valence-corrected chi connectivity index (χ0v) is 9.60. The molecule has 0 aliphatic carbocycles. The van der Waals surface area contributed by atoms with Crippen LogP contribution in [0.2, 0.25) is 0 Å². The van der Waals surface area contributed by atoms with Gasteiger partial charge >= 0.3 is 0 Å². The fourth-order valence-electron chi connectivity index (χ4n) is 1.04. The Hall–Kier alpha value is -0.480. The average molecular weight is 260 g/mol. The second-order valence-corrected chi connectivity index (χ2v) is 4.26. The number of anilines is 1. The first kappa shape index (κ1) is 10.6. The summed E-state index contributed by atoms with van der Waals surface area (Å²) in [6.07, 6.45) is 0. The van der Waals surface area contributed by atoms with E-state index in [4.69, 9.17) is 5.73 Å². The van der Waals surface area contributed by atoms with Crippen molar-refractivity contribution < 1.29 is 4.79 Å². The zero-order chi connectivity index (χ0) is 10.0. The molecule has 0 radical (unpaired) electrons. The van der Waals surface area contributed by atoms with Crippen molar-refractivity contribution in [2.24, 2.45) is 0 Å². The molecule has 2 nitrogen and oxygen atoms in total. The standard InChI is InChI=1S/C9H10BrNOS/c1-5(12)9(10)6-2-7(11)4-8(13)3-6/h2-4,9,13H,11H2,1H3. The SMILES string of the molecule is CC(=O)C(Br)c1cc(N)cc(S)c1. The molecule has 13 heavy (non-hydrogen) atoms. The zero-order valence-electron chi connectivity index (χ0n) is 7.12. The fraction of sp³-hybridized carbons (Fsp3) is 0.222. The van der Waals surface area contributed by atoms with Crippen LogP contribution in [0, 0.1) is 0 Å². The number of hydrogen-bond acceptors (Lipinski definition) is 3. The van der Waals surface area contributed by atoms with Crippen LogP contribution in [0.25, 0.3) is 0 Å². The van der Waals surface area contributed by atoms with Crippen molar-refractivity contribution in [2.45, 2.75) is 16.6 Å². The molecule has 0 aliphatic rings. The number of Topliss-reactive ketones (excluding diaryl/α,β-unsaturated/α-hetero) is 1. The normalized spacial score (nSPS) is 12.5. The number of ketones is 1. The van der Waals surface area contributed by atoms with Crippen molar-refractivity contribution in [3.8, 4) is 0 Å². The molecule has 1 rings (SSSR count). The maximum Gasteiger partial charge on any atom is 0.147 e. The minimum atomic E-state index is -0.290. The molecule has 1 aromatic rings. The minimum Gasteiger partial charge on any atom is -0.399 e. The lowest BCUT2D eigenvalue weighted by Gasteiger charge is -2.07. The van der Waals surface area contributed by atoms with E-state index in [1.165, 1.54) is 6.92 Å². The summed E-state index contributed by atoms with van der Waals surface area (Å²) in [5.74, 6) is 0.0540. The van der Waals surface area contributed by atoms with Crippen molar-refractivity contribution >= 4 is 40.0 Å². The van der Waals surface area contributed by atoms with Crippen molar-refractivity contribution in [1.29, 1.82) is 0 Å². The molecule has 0 heterocycles. The Morgan fingerprint density at radius 3 is 2.62 bits per heavy atom. The molecule has 0 amide bonds. The lowest BCUT2D eigenvalue weighted by atomic mass is 10.1. The van der Waals surface area contributed by atoms with Gasteiger partial charge in [-0.15, -0.1) is 12.6 Å². The number of alkyl halides is 1. The highest BCUT2D eigenvalue weighted by Crippen LogP contribution is 2.27. The third-order valence-corrected chi connectivity index (χ3v) is 3.04. The summed E-state index contributed by atoms with van der Waals surface area (Å²) in [7, 11) is 0. The Morgan fingerprint density at radius 2 is 2.15 bits per heavy atom. The van der Waals surface area contributed by atoms with E-state index in [-0.39, 0.29) is 10.6 Å². The lowest BCUT2D eigenvalue weighted by molar-refractivity contribution is -0.116. The number of hydrogen-bond donors (Lipinski definition) is 2. The number of nitrogen functional groups attached to an aromatic ring is 1. The molecule has 1 aromatic carbocycles. The first-order valence-corrected chi connectivity index (χ1v) is 5.11. The fourth-order valence-corrected chi connectivity index (χ4v) is 1.60. The van der Waals surface area contributed by atoms with Gasteiger partial charge in [0.1, 0.15) is 5.78 Å². The van der Waals surface area contributed by atoms with Crippen LogP contribution >= 0.6 is 28.6 Å². The molecule has 0 aliphatic heterocycles. The van der Waals surface area contributed by atoms with Crippen molar-refractivity contribution in [1.82, 2.24) is 0 Å². The van der Waals surface area contributed by atoms with Gasteiger partial charge in [-0.2, -0.15) is 0 Å². The van der Waals surface area contributed by atoms with Gasteiger partial charge in [-0.25, -0.2) is 0 Å². The van der Waals surface area contributed by atoms with Gasteiger partial charge in [0.15, 0.2) is 0 Å². The van der Waals surface area contributed by atoms with Crippen LogP contribution in [0.3, 0.4) is 0 Å². The Labute approximate surface area is 91.1 Å². The molecule has 0 bridgehead atoms. The van der Waals surface area contributed by atoms with E-state index in [0.29, 0.717) is 5.69 Å². The van der Waals surface area contributed by atoms with Gasteiger partial charge in [-0.05, 0) is 30.7 Å². The summed E-state index contributed by atoms with van der Waals surface area (Å²) in [6.45, 7) is 1.53. The molecular formula is C9H10BrNOS. The van der Waals surface area contributed by atoms with Gasteiger partial charge in [0, 0.05) is 10.6 Å². The monoisotopic (exact) mass is 259 g/mol. The molecule has 4 heteroatoms. The number of thiol groups is 1. The predicted octanol–water partition coefficient (Wildman–Crippen LogP) is 2.58. The number of halogens is 1. The van der Waals surface area contributed by atoms with Crippen LogP contribution in [0.4, 0.5) is 5.69 Å². The van der Waals surface area contributed by atoms with E-state index in [0.717, 1.165) is 10.5 Å². The number of benzene rings is 1. The van der Waals surface area contributed by atoms with E-state index in [1.54, 1.807) is 12.1 Å². The van der Waals surface area contributed by atoms with Gasteiger partial charge in [-0.3, -0.25) is 4.79 Å². The van der Waals surface area contributed by atoms with Crippen LogP contribution in [0.1, 0.15) is 17.3 Å². The highest BCUT2D eigenvalue weighted by Gasteiger charge is 2.12. The van der Waals surface area contributed by atoms with Gasteiger partial charge in [0.05, 0.1) is 4.83 Å². The maximum atomic E-state index is 11.1. The van der Waals surface area contributed by atoms with E-state index in [9.17, 15) is 4.79 Å². The molecule has 70 valence electrons. The number of carbonyl (C=O) groups excluding carboxylic acids is 1. The number of rotatable bonds is 2. The maximum absolute atomic E-state index is 11.1. The first-order chi connectivity index (χ1) is 6.00. The van der Waals surface area contributed by atoms with Crippen LogP contribution < -0.4 is 5.73 Å². The van der Waals surface area contributed by atoms with E-state index in [2.05, 4.69) is 28.6 Å². The molecule has 1 unspecified atom stereocenters. The Morgan fingerprint density at radius 1 is 1.54 bits per heavy atom. The van der Waals surface area contributed by atoms with E-state index in [1.807, 2.05) is 6.07 Å². The number of nitrogens with two attached hydrogens (primary N) is 1. The summed E-state index contributed by atoms with van der Waals surface area (Å²) in [5, 5.41) is 0. The van der Waals surface area contributed by atoms with Crippen LogP contribution in [-0.2, 0) is 4.79 Å². The van der Waals surface area contributed by atoms with Gasteiger partial charge in [-0.1, -0.05) is 15.9 Å². The van der Waals surface area contributed by atoms with Crippen molar-refractivity contribution in [3.63, 3.8) is 0 Å². The Bertz CT molecular complexity index is 320. The molecule has 2 N–H and O–H groups in total. The molecular weight excluding hydrogens is 250 g/mol.